The van der Waals surface area contributed by atoms with Gasteiger partial charge in [-0.25, -0.2) is 4.39 Å². The minimum atomic E-state index is -0.864. The summed E-state index contributed by atoms with van der Waals surface area (Å²) in [6, 6.07) is 4.21. The molecule has 2 N–H and O–H groups in total. The van der Waals surface area contributed by atoms with Crippen LogP contribution in [-0.2, 0) is 4.79 Å². The van der Waals surface area contributed by atoms with Crippen LogP contribution in [0, 0.1) is 11.7 Å². The number of halogens is 2. The van der Waals surface area contributed by atoms with E-state index in [1.807, 2.05) is 6.92 Å². The van der Waals surface area contributed by atoms with Crippen LogP contribution in [0.3, 0.4) is 0 Å². The lowest BCUT2D eigenvalue weighted by molar-refractivity contribution is -0.137. The maximum atomic E-state index is 13.5. The second-order valence-corrected chi connectivity index (χ2v) is 5.29. The van der Waals surface area contributed by atoms with Crippen molar-refractivity contribution in [1.82, 2.24) is 5.32 Å². The van der Waals surface area contributed by atoms with Crippen molar-refractivity contribution < 1.29 is 19.1 Å². The lowest BCUT2D eigenvalue weighted by Gasteiger charge is -2.11. The highest BCUT2D eigenvalue weighted by molar-refractivity contribution is 9.10. The maximum absolute atomic E-state index is 13.5. The van der Waals surface area contributed by atoms with E-state index in [-0.39, 0.29) is 17.9 Å². The number of hydrogen-bond donors (Lipinski definition) is 2. The molecule has 0 heterocycles. The van der Waals surface area contributed by atoms with Crippen LogP contribution in [0.25, 0.3) is 0 Å². The summed E-state index contributed by atoms with van der Waals surface area (Å²) in [5.41, 5.74) is -0.0198. The van der Waals surface area contributed by atoms with Gasteiger partial charge in [0.15, 0.2) is 0 Å². The summed E-state index contributed by atoms with van der Waals surface area (Å²) in [5.74, 6) is -1.92. The molecule has 104 valence electrons. The van der Waals surface area contributed by atoms with Crippen LogP contribution in [-0.4, -0.2) is 23.5 Å². The normalized spacial score (nSPS) is 11.9. The van der Waals surface area contributed by atoms with Gasteiger partial charge in [-0.1, -0.05) is 22.9 Å². The SMILES string of the molecule is CC(CCC(=O)O)CNC(=O)c1ccc(Br)cc1F. The van der Waals surface area contributed by atoms with E-state index < -0.39 is 17.7 Å². The predicted molar refractivity (Wildman–Crippen MR) is 72.5 cm³/mol. The molecular weight excluding hydrogens is 317 g/mol. The zero-order chi connectivity index (χ0) is 14.4. The van der Waals surface area contributed by atoms with Crippen LogP contribution in [0.2, 0.25) is 0 Å². The molecule has 1 atom stereocenters. The van der Waals surface area contributed by atoms with E-state index in [4.69, 9.17) is 5.11 Å². The van der Waals surface area contributed by atoms with Gasteiger partial charge in [-0.15, -0.1) is 0 Å². The zero-order valence-corrected chi connectivity index (χ0v) is 12.0. The number of amides is 1. The van der Waals surface area contributed by atoms with Crippen LogP contribution in [0.4, 0.5) is 4.39 Å². The number of carboxylic acid groups (broad SMARTS) is 1. The van der Waals surface area contributed by atoms with E-state index in [0.717, 1.165) is 0 Å². The van der Waals surface area contributed by atoms with Crippen LogP contribution >= 0.6 is 15.9 Å². The van der Waals surface area contributed by atoms with Crippen molar-refractivity contribution in [3.63, 3.8) is 0 Å². The number of carboxylic acids is 1. The van der Waals surface area contributed by atoms with Gasteiger partial charge in [-0.2, -0.15) is 0 Å². The van der Waals surface area contributed by atoms with E-state index in [1.54, 1.807) is 6.07 Å². The number of carbonyl (C=O) groups is 2. The average Bonchev–Trinajstić information content (AvgIpc) is 2.33. The molecule has 0 aromatic heterocycles. The second kappa shape index (κ2) is 7.23. The standard InChI is InChI=1S/C13H15BrFNO3/c1-8(2-5-12(17)18)7-16-13(19)10-4-3-9(14)6-11(10)15/h3-4,6,8H,2,5,7H2,1H3,(H,16,19)(H,17,18). The molecule has 6 heteroatoms. The summed E-state index contributed by atoms with van der Waals surface area (Å²) in [7, 11) is 0. The minimum absolute atomic E-state index is 0.0198. The first-order valence-electron chi connectivity index (χ1n) is 5.85. The second-order valence-electron chi connectivity index (χ2n) is 4.37. The Hall–Kier alpha value is -1.43. The third kappa shape index (κ3) is 5.38. The molecule has 4 nitrogen and oxygen atoms in total. The molecule has 0 saturated carbocycles. The molecule has 0 saturated heterocycles. The highest BCUT2D eigenvalue weighted by Gasteiger charge is 2.13. The lowest BCUT2D eigenvalue weighted by Crippen LogP contribution is -2.29. The van der Waals surface area contributed by atoms with Gasteiger partial charge in [0.1, 0.15) is 5.82 Å². The summed E-state index contributed by atoms with van der Waals surface area (Å²) in [6.07, 6.45) is 0.530. The van der Waals surface area contributed by atoms with Gasteiger partial charge in [0, 0.05) is 17.4 Å². The fraction of sp³-hybridized carbons (Fsp3) is 0.385. The Kier molecular flexibility index (Phi) is 5.95. The van der Waals surface area contributed by atoms with E-state index in [1.165, 1.54) is 12.1 Å². The molecule has 0 fully saturated rings. The molecular formula is C13H15BrFNO3. The van der Waals surface area contributed by atoms with Crippen molar-refractivity contribution in [2.24, 2.45) is 5.92 Å². The van der Waals surface area contributed by atoms with Crippen LogP contribution in [0.1, 0.15) is 30.1 Å². The van der Waals surface area contributed by atoms with Gasteiger partial charge in [-0.05, 0) is 30.5 Å². The largest absolute Gasteiger partial charge is 0.481 e. The first-order chi connectivity index (χ1) is 8.90. The number of benzene rings is 1. The average molecular weight is 332 g/mol. The summed E-state index contributed by atoms with van der Waals surface area (Å²) in [5, 5.41) is 11.1. The Balaban J connectivity index is 2.49. The summed E-state index contributed by atoms with van der Waals surface area (Å²) >= 11 is 3.11. The first kappa shape index (κ1) is 15.6. The highest BCUT2D eigenvalue weighted by Crippen LogP contribution is 2.15. The van der Waals surface area contributed by atoms with Crippen molar-refractivity contribution >= 4 is 27.8 Å². The molecule has 1 unspecified atom stereocenters. The summed E-state index contributed by atoms with van der Waals surface area (Å²) < 4.78 is 14.1. The monoisotopic (exact) mass is 331 g/mol. The number of nitrogens with one attached hydrogen (secondary N) is 1. The van der Waals surface area contributed by atoms with Crippen molar-refractivity contribution in [2.45, 2.75) is 19.8 Å². The summed E-state index contributed by atoms with van der Waals surface area (Å²) in [4.78, 5) is 22.1. The third-order valence-corrected chi connectivity index (χ3v) is 3.13. The third-order valence-electron chi connectivity index (χ3n) is 2.64. The fourth-order valence-corrected chi connectivity index (χ4v) is 1.84. The minimum Gasteiger partial charge on any atom is -0.481 e. The van der Waals surface area contributed by atoms with Crippen molar-refractivity contribution in [2.75, 3.05) is 6.54 Å². The molecule has 0 aliphatic carbocycles. The van der Waals surface area contributed by atoms with Crippen molar-refractivity contribution in [3.05, 3.63) is 34.1 Å². The molecule has 0 spiro atoms. The fourth-order valence-electron chi connectivity index (χ4n) is 1.51. The number of rotatable bonds is 6. The van der Waals surface area contributed by atoms with Crippen LogP contribution in [0.15, 0.2) is 22.7 Å². The van der Waals surface area contributed by atoms with E-state index in [2.05, 4.69) is 21.2 Å². The molecule has 0 aliphatic rings. The van der Waals surface area contributed by atoms with Gasteiger partial charge in [-0.3, -0.25) is 9.59 Å². The van der Waals surface area contributed by atoms with Crippen molar-refractivity contribution in [1.29, 1.82) is 0 Å². The van der Waals surface area contributed by atoms with Gasteiger partial charge < -0.3 is 10.4 Å². The number of aliphatic carboxylic acids is 1. The summed E-state index contributed by atoms with van der Waals surface area (Å²) in [6.45, 7) is 2.16. The molecule has 0 aliphatic heterocycles. The Bertz CT molecular complexity index is 479. The van der Waals surface area contributed by atoms with E-state index in [0.29, 0.717) is 17.4 Å². The molecule has 1 rings (SSSR count). The molecule has 0 bridgehead atoms. The van der Waals surface area contributed by atoms with Gasteiger partial charge in [0.25, 0.3) is 5.91 Å². The zero-order valence-electron chi connectivity index (χ0n) is 10.5. The Morgan fingerprint density at radius 1 is 1.47 bits per heavy atom. The van der Waals surface area contributed by atoms with Crippen LogP contribution in [0.5, 0.6) is 0 Å². The Morgan fingerprint density at radius 3 is 2.74 bits per heavy atom. The van der Waals surface area contributed by atoms with E-state index in [9.17, 15) is 14.0 Å². The quantitative estimate of drug-likeness (QED) is 0.842. The molecule has 1 aromatic carbocycles. The Labute approximate surface area is 119 Å². The molecule has 19 heavy (non-hydrogen) atoms. The Morgan fingerprint density at radius 2 is 2.16 bits per heavy atom. The number of carbonyl (C=O) groups excluding carboxylic acids is 1. The smallest absolute Gasteiger partial charge is 0.303 e. The lowest BCUT2D eigenvalue weighted by atomic mass is 10.1. The van der Waals surface area contributed by atoms with Gasteiger partial charge in [0.2, 0.25) is 0 Å². The predicted octanol–water partition coefficient (Wildman–Crippen LogP) is 2.82. The van der Waals surface area contributed by atoms with E-state index >= 15 is 0 Å². The molecule has 1 aromatic rings. The first-order valence-corrected chi connectivity index (χ1v) is 6.64. The molecule has 0 radical (unpaired) electrons. The highest BCUT2D eigenvalue weighted by atomic mass is 79.9. The number of hydrogen-bond acceptors (Lipinski definition) is 2. The molecule has 1 amide bonds. The van der Waals surface area contributed by atoms with Crippen molar-refractivity contribution in [3.8, 4) is 0 Å². The van der Waals surface area contributed by atoms with Gasteiger partial charge >= 0.3 is 5.97 Å². The maximum Gasteiger partial charge on any atom is 0.303 e. The topological polar surface area (TPSA) is 66.4 Å². The van der Waals surface area contributed by atoms with Gasteiger partial charge in [0.05, 0.1) is 5.56 Å². The van der Waals surface area contributed by atoms with Crippen LogP contribution < -0.4 is 5.32 Å².